The van der Waals surface area contributed by atoms with Crippen LogP contribution in [0.25, 0.3) is 11.0 Å². The molecule has 0 aromatic carbocycles. The summed E-state index contributed by atoms with van der Waals surface area (Å²) in [6.07, 6.45) is 3.74. The van der Waals surface area contributed by atoms with Crippen molar-refractivity contribution in [3.05, 3.63) is 30.1 Å². The molecule has 0 saturated carbocycles. The Morgan fingerprint density at radius 2 is 2.16 bits per heavy atom. The number of fused-ring (bicyclic) bond motifs is 1. The van der Waals surface area contributed by atoms with Crippen molar-refractivity contribution in [2.45, 2.75) is 26.4 Å². The maximum absolute atomic E-state index is 8.62. The fraction of sp³-hybridized carbons (Fsp3) is 0.286. The lowest BCUT2D eigenvalue weighted by Crippen LogP contribution is -2.00. The van der Waals surface area contributed by atoms with Gasteiger partial charge in [0, 0.05) is 23.8 Å². The minimum Gasteiger partial charge on any atom is -0.330 e. The molecule has 2 aromatic heterocycles. The van der Waals surface area contributed by atoms with Crippen LogP contribution in [0.5, 0.6) is 0 Å². The summed E-state index contributed by atoms with van der Waals surface area (Å²) in [6, 6.07) is 7.83. The van der Waals surface area contributed by atoms with Crippen LogP contribution in [0.15, 0.2) is 29.5 Å². The zero-order chi connectivity index (χ0) is 13.8. The quantitative estimate of drug-likeness (QED) is 0.786. The van der Waals surface area contributed by atoms with E-state index in [1.165, 1.54) is 0 Å². The van der Waals surface area contributed by atoms with Crippen molar-refractivity contribution >= 4 is 16.7 Å². The Morgan fingerprint density at radius 1 is 1.42 bits per heavy atom. The maximum Gasteiger partial charge on any atom is 0.213 e. The molecular weight excluding hydrogens is 238 g/mol. The SMILES string of the molecule is CC(C)n1ccc2cc(CN=C(C#N)C#N)cnc21. The first-order valence-electron chi connectivity index (χ1n) is 5.96. The third kappa shape index (κ3) is 2.61. The number of rotatable bonds is 3. The summed E-state index contributed by atoms with van der Waals surface area (Å²) < 4.78 is 2.10. The summed E-state index contributed by atoms with van der Waals surface area (Å²) in [6.45, 7) is 4.50. The lowest BCUT2D eigenvalue weighted by atomic mass is 10.2. The molecule has 2 heterocycles. The third-order valence-corrected chi connectivity index (χ3v) is 2.80. The normalized spacial score (nSPS) is 10.2. The molecule has 0 radical (unpaired) electrons. The topological polar surface area (TPSA) is 77.8 Å². The first-order chi connectivity index (χ1) is 9.15. The van der Waals surface area contributed by atoms with Gasteiger partial charge in [0.15, 0.2) is 0 Å². The van der Waals surface area contributed by atoms with Crippen molar-refractivity contribution in [1.82, 2.24) is 9.55 Å². The summed E-state index contributed by atoms with van der Waals surface area (Å²) in [5.41, 5.74) is 1.71. The number of nitrogens with zero attached hydrogens (tertiary/aromatic N) is 5. The number of hydrogen-bond acceptors (Lipinski definition) is 4. The van der Waals surface area contributed by atoms with Gasteiger partial charge in [-0.3, -0.25) is 4.99 Å². The standard InChI is InChI=1S/C14H13N5/c1-10(2)19-4-3-12-5-11(9-18-14(12)19)8-17-13(6-15)7-16/h3-5,9-10H,8H2,1-2H3. The van der Waals surface area contributed by atoms with Crippen molar-refractivity contribution in [2.75, 3.05) is 0 Å². The van der Waals surface area contributed by atoms with Crippen molar-refractivity contribution in [3.8, 4) is 12.1 Å². The Kier molecular flexibility index (Phi) is 3.58. The Balaban J connectivity index is 2.32. The molecule has 19 heavy (non-hydrogen) atoms. The van der Waals surface area contributed by atoms with Crippen LogP contribution in [-0.4, -0.2) is 15.3 Å². The van der Waals surface area contributed by atoms with E-state index in [0.717, 1.165) is 16.6 Å². The minimum absolute atomic E-state index is 0.111. The van der Waals surface area contributed by atoms with E-state index in [1.54, 1.807) is 18.3 Å². The Hall–Kier alpha value is -2.66. The zero-order valence-corrected chi connectivity index (χ0v) is 10.8. The van der Waals surface area contributed by atoms with Crippen molar-refractivity contribution < 1.29 is 0 Å². The van der Waals surface area contributed by atoms with E-state index >= 15 is 0 Å². The smallest absolute Gasteiger partial charge is 0.213 e. The monoisotopic (exact) mass is 251 g/mol. The van der Waals surface area contributed by atoms with Crippen LogP contribution in [-0.2, 0) is 6.54 Å². The first kappa shape index (κ1) is 12.8. The Morgan fingerprint density at radius 3 is 2.79 bits per heavy atom. The van der Waals surface area contributed by atoms with Gasteiger partial charge in [-0.15, -0.1) is 0 Å². The fourth-order valence-corrected chi connectivity index (χ4v) is 1.86. The molecule has 0 aliphatic rings. The van der Waals surface area contributed by atoms with E-state index in [9.17, 15) is 0 Å². The highest BCUT2D eigenvalue weighted by Crippen LogP contribution is 2.19. The second-order valence-electron chi connectivity index (χ2n) is 4.46. The highest BCUT2D eigenvalue weighted by Gasteiger charge is 2.06. The summed E-state index contributed by atoms with van der Waals surface area (Å²) in [4.78, 5) is 8.35. The molecule has 0 unspecified atom stereocenters. The van der Waals surface area contributed by atoms with Crippen LogP contribution in [0.2, 0.25) is 0 Å². The van der Waals surface area contributed by atoms with E-state index in [-0.39, 0.29) is 5.71 Å². The van der Waals surface area contributed by atoms with Gasteiger partial charge in [-0.25, -0.2) is 4.98 Å². The van der Waals surface area contributed by atoms with E-state index in [1.807, 2.05) is 18.3 Å². The average Bonchev–Trinajstić information content (AvgIpc) is 2.83. The molecule has 0 fully saturated rings. The van der Waals surface area contributed by atoms with Crippen LogP contribution < -0.4 is 0 Å². The van der Waals surface area contributed by atoms with Gasteiger partial charge in [-0.05, 0) is 31.5 Å². The molecule has 0 spiro atoms. The van der Waals surface area contributed by atoms with Gasteiger partial charge in [-0.1, -0.05) is 0 Å². The van der Waals surface area contributed by atoms with Gasteiger partial charge in [0.25, 0.3) is 0 Å². The molecule has 0 saturated heterocycles. The van der Waals surface area contributed by atoms with Crippen LogP contribution >= 0.6 is 0 Å². The van der Waals surface area contributed by atoms with Crippen LogP contribution in [0.1, 0.15) is 25.5 Å². The predicted molar refractivity (Wildman–Crippen MR) is 72.5 cm³/mol. The molecule has 5 nitrogen and oxygen atoms in total. The molecule has 0 amide bonds. The van der Waals surface area contributed by atoms with Crippen molar-refractivity contribution in [2.24, 2.45) is 4.99 Å². The van der Waals surface area contributed by atoms with Gasteiger partial charge in [0.05, 0.1) is 6.54 Å². The molecule has 0 aliphatic carbocycles. The van der Waals surface area contributed by atoms with Gasteiger partial charge in [-0.2, -0.15) is 10.5 Å². The molecule has 94 valence electrons. The molecule has 2 rings (SSSR count). The second-order valence-corrected chi connectivity index (χ2v) is 4.46. The Bertz CT molecular complexity index is 693. The van der Waals surface area contributed by atoms with Crippen molar-refractivity contribution in [3.63, 3.8) is 0 Å². The van der Waals surface area contributed by atoms with Gasteiger partial charge < -0.3 is 4.57 Å². The van der Waals surface area contributed by atoms with Crippen LogP contribution in [0.4, 0.5) is 0 Å². The third-order valence-electron chi connectivity index (χ3n) is 2.80. The fourth-order valence-electron chi connectivity index (χ4n) is 1.86. The minimum atomic E-state index is -0.111. The van der Waals surface area contributed by atoms with Crippen molar-refractivity contribution in [1.29, 1.82) is 10.5 Å². The molecule has 0 atom stereocenters. The van der Waals surface area contributed by atoms with E-state index in [0.29, 0.717) is 12.6 Å². The van der Waals surface area contributed by atoms with Crippen LogP contribution in [0.3, 0.4) is 0 Å². The number of pyridine rings is 1. The average molecular weight is 251 g/mol. The number of aliphatic imine (C=N–C) groups is 1. The Labute approximate surface area is 111 Å². The van der Waals surface area contributed by atoms with Gasteiger partial charge >= 0.3 is 0 Å². The highest BCUT2D eigenvalue weighted by molar-refractivity contribution is 6.10. The first-order valence-corrected chi connectivity index (χ1v) is 5.96. The molecule has 0 bridgehead atoms. The molecule has 0 aliphatic heterocycles. The number of aromatic nitrogens is 2. The summed E-state index contributed by atoms with van der Waals surface area (Å²) in [5.74, 6) is 0. The second kappa shape index (κ2) is 5.32. The number of nitriles is 2. The van der Waals surface area contributed by atoms with Crippen LogP contribution in [0, 0.1) is 22.7 Å². The lowest BCUT2D eigenvalue weighted by molar-refractivity contribution is 0.618. The van der Waals surface area contributed by atoms with Gasteiger partial charge in [0.1, 0.15) is 17.8 Å². The molecule has 5 heteroatoms. The summed E-state index contributed by atoms with van der Waals surface area (Å²) in [5, 5.41) is 18.3. The maximum atomic E-state index is 8.62. The summed E-state index contributed by atoms with van der Waals surface area (Å²) >= 11 is 0. The van der Waals surface area contributed by atoms with E-state index in [4.69, 9.17) is 10.5 Å². The number of hydrogen-bond donors (Lipinski definition) is 0. The molecule has 2 aromatic rings. The van der Waals surface area contributed by atoms with E-state index < -0.39 is 0 Å². The largest absolute Gasteiger partial charge is 0.330 e. The summed E-state index contributed by atoms with van der Waals surface area (Å²) in [7, 11) is 0. The van der Waals surface area contributed by atoms with Gasteiger partial charge in [0.2, 0.25) is 5.71 Å². The van der Waals surface area contributed by atoms with E-state index in [2.05, 4.69) is 28.4 Å². The zero-order valence-electron chi connectivity index (χ0n) is 10.8. The lowest BCUT2D eigenvalue weighted by Gasteiger charge is -2.08. The molecular formula is C14H13N5. The predicted octanol–water partition coefficient (Wildman–Crippen LogP) is 2.61. The highest BCUT2D eigenvalue weighted by atomic mass is 15.0. The molecule has 0 N–H and O–H groups in total.